The number of aliphatic hydroxyl groups is 1. The van der Waals surface area contributed by atoms with E-state index >= 15 is 0 Å². The molecule has 0 amide bonds. The molecule has 0 heterocycles. The van der Waals surface area contributed by atoms with Gasteiger partial charge in [-0.25, -0.2) is 4.39 Å². The van der Waals surface area contributed by atoms with Crippen molar-refractivity contribution < 1.29 is 23.8 Å². The maximum Gasteiger partial charge on any atom is 0.160 e. The number of carbonyl (C=O) groups is 2. The molecule has 158 valence electrons. The van der Waals surface area contributed by atoms with E-state index in [9.17, 15) is 14.0 Å². The fourth-order valence-electron chi connectivity index (χ4n) is 3.43. The first-order valence-corrected chi connectivity index (χ1v) is 9.88. The molecule has 0 radical (unpaired) electrons. The first kappa shape index (κ1) is 22.1. The average Bonchev–Trinajstić information content (AvgIpc) is 2.78. The van der Waals surface area contributed by atoms with Crippen LogP contribution in [0.15, 0.2) is 72.8 Å². The molecule has 0 aliphatic heterocycles. The van der Waals surface area contributed by atoms with Gasteiger partial charge in [0.2, 0.25) is 0 Å². The highest BCUT2D eigenvalue weighted by Gasteiger charge is 2.09. The van der Waals surface area contributed by atoms with E-state index in [1.165, 1.54) is 19.1 Å². The van der Waals surface area contributed by atoms with Gasteiger partial charge in [-0.15, -0.1) is 0 Å². The number of rotatable bonds is 5. The lowest BCUT2D eigenvalue weighted by Gasteiger charge is -2.10. The van der Waals surface area contributed by atoms with E-state index < -0.39 is 0 Å². The summed E-state index contributed by atoms with van der Waals surface area (Å²) in [6.07, 6.45) is 0. The molecule has 4 nitrogen and oxygen atoms in total. The maximum absolute atomic E-state index is 13.3. The van der Waals surface area contributed by atoms with Crippen LogP contribution in [-0.2, 0) is 0 Å². The first-order chi connectivity index (χ1) is 14.9. The molecular weight excluding hydrogens is 395 g/mol. The number of Topliss-reactive ketones (excluding diaryl/α,β-unsaturated/α-hetero) is 2. The van der Waals surface area contributed by atoms with Crippen LogP contribution in [0.1, 0.15) is 34.6 Å². The largest absolute Gasteiger partial charge is 0.491 e. The molecule has 0 unspecified atom stereocenters. The summed E-state index contributed by atoms with van der Waals surface area (Å²) in [7, 11) is 0. The monoisotopic (exact) mass is 418 g/mol. The molecule has 0 aliphatic rings. The minimum Gasteiger partial charge on any atom is -0.491 e. The Balaban J connectivity index is 0.000000179. The second-order valence-corrected chi connectivity index (χ2v) is 6.98. The highest BCUT2D eigenvalue weighted by Crippen LogP contribution is 2.28. The molecule has 0 aromatic heterocycles. The average molecular weight is 418 g/mol. The Morgan fingerprint density at radius 3 is 1.77 bits per heavy atom. The van der Waals surface area contributed by atoms with Crippen molar-refractivity contribution in [2.24, 2.45) is 0 Å². The molecule has 4 aromatic rings. The Hall–Kier alpha value is -3.57. The summed E-state index contributed by atoms with van der Waals surface area (Å²) in [6.45, 7) is 3.27. The molecule has 0 bridgehead atoms. The Bertz CT molecular complexity index is 1250. The minimum absolute atomic E-state index is 0.0250. The molecule has 4 rings (SSSR count). The van der Waals surface area contributed by atoms with E-state index in [-0.39, 0.29) is 30.6 Å². The van der Waals surface area contributed by atoms with Crippen LogP contribution >= 0.6 is 0 Å². The van der Waals surface area contributed by atoms with Gasteiger partial charge in [-0.3, -0.25) is 9.59 Å². The van der Waals surface area contributed by atoms with Crippen LogP contribution in [0.4, 0.5) is 4.39 Å². The van der Waals surface area contributed by atoms with Crippen LogP contribution in [-0.4, -0.2) is 29.9 Å². The Morgan fingerprint density at radius 2 is 1.23 bits per heavy atom. The fraction of sp³-hybridized carbons (Fsp3) is 0.154. The van der Waals surface area contributed by atoms with Gasteiger partial charge in [0.1, 0.15) is 18.2 Å². The summed E-state index contributed by atoms with van der Waals surface area (Å²) in [6, 6.07) is 21.0. The summed E-state index contributed by atoms with van der Waals surface area (Å²) in [5, 5.41) is 11.7. The predicted octanol–water partition coefficient (Wildman–Crippen LogP) is 5.60. The number of aliphatic hydroxyl groups excluding tert-OH is 1. The van der Waals surface area contributed by atoms with E-state index in [2.05, 4.69) is 0 Å². The molecule has 5 heteroatoms. The second-order valence-electron chi connectivity index (χ2n) is 6.98. The van der Waals surface area contributed by atoms with Crippen LogP contribution in [0.3, 0.4) is 0 Å². The minimum atomic E-state index is -0.286. The SMILES string of the molecule is CC(=O)c1ccc(F)c2ccccc12.CC(=O)c1ccc(OCCO)c2ccccc12. The second kappa shape index (κ2) is 9.96. The molecule has 0 saturated heterocycles. The number of hydrogen-bond acceptors (Lipinski definition) is 4. The molecule has 4 aromatic carbocycles. The number of ether oxygens (including phenoxy) is 1. The zero-order chi connectivity index (χ0) is 22.4. The van der Waals surface area contributed by atoms with Crippen LogP contribution < -0.4 is 4.74 Å². The molecule has 0 spiro atoms. The lowest BCUT2D eigenvalue weighted by atomic mass is 10.0. The highest BCUT2D eigenvalue weighted by molar-refractivity contribution is 6.08. The number of ketones is 2. The third-order valence-corrected chi connectivity index (χ3v) is 4.86. The summed E-state index contributed by atoms with van der Waals surface area (Å²) in [5.74, 6) is 0.404. The Morgan fingerprint density at radius 1 is 0.742 bits per heavy atom. The Kier molecular flexibility index (Phi) is 7.11. The summed E-state index contributed by atoms with van der Waals surface area (Å²) in [5.41, 5.74) is 1.26. The van der Waals surface area contributed by atoms with Crippen molar-refractivity contribution in [3.8, 4) is 5.75 Å². The van der Waals surface area contributed by atoms with E-state index in [0.29, 0.717) is 27.6 Å². The van der Waals surface area contributed by atoms with Crippen LogP contribution in [0, 0.1) is 5.82 Å². The topological polar surface area (TPSA) is 63.6 Å². The molecule has 0 saturated carbocycles. The van der Waals surface area contributed by atoms with Gasteiger partial charge in [-0.05, 0) is 48.9 Å². The van der Waals surface area contributed by atoms with Gasteiger partial charge < -0.3 is 9.84 Å². The van der Waals surface area contributed by atoms with E-state index in [1.54, 1.807) is 43.3 Å². The fourth-order valence-corrected chi connectivity index (χ4v) is 3.43. The molecule has 1 N–H and O–H groups in total. The standard InChI is InChI=1S/C14H14O3.C12H9FO/c1-10(16)11-6-7-14(17-9-8-15)13-5-3-2-4-12(11)13;1-8(14)9-6-7-12(13)11-5-3-2-4-10(9)11/h2-7,15H,8-9H2,1H3;2-7H,1H3. The zero-order valence-electron chi connectivity index (χ0n) is 17.4. The summed E-state index contributed by atoms with van der Waals surface area (Å²) in [4.78, 5) is 22.8. The van der Waals surface area contributed by atoms with Crippen molar-refractivity contribution in [2.75, 3.05) is 13.2 Å². The lowest BCUT2D eigenvalue weighted by molar-refractivity contribution is 0.101. The third kappa shape index (κ3) is 4.95. The number of fused-ring (bicyclic) bond motifs is 2. The van der Waals surface area contributed by atoms with Crippen LogP contribution in [0.5, 0.6) is 5.75 Å². The number of benzene rings is 4. The van der Waals surface area contributed by atoms with Gasteiger partial charge in [-0.2, -0.15) is 0 Å². The van der Waals surface area contributed by atoms with E-state index in [4.69, 9.17) is 9.84 Å². The van der Waals surface area contributed by atoms with Crippen LogP contribution in [0.2, 0.25) is 0 Å². The van der Waals surface area contributed by atoms with E-state index in [1.807, 2.05) is 24.3 Å². The normalized spacial score (nSPS) is 10.5. The van der Waals surface area contributed by atoms with Crippen LogP contribution in [0.25, 0.3) is 21.5 Å². The molecular formula is C26H23FO4. The quantitative estimate of drug-likeness (QED) is 0.429. The van der Waals surface area contributed by atoms with Crippen molar-refractivity contribution in [1.29, 1.82) is 0 Å². The summed E-state index contributed by atoms with van der Waals surface area (Å²) < 4.78 is 18.8. The maximum atomic E-state index is 13.3. The van der Waals surface area contributed by atoms with Crippen molar-refractivity contribution in [2.45, 2.75) is 13.8 Å². The van der Waals surface area contributed by atoms with Gasteiger partial charge in [0.25, 0.3) is 0 Å². The molecule has 31 heavy (non-hydrogen) atoms. The first-order valence-electron chi connectivity index (χ1n) is 9.88. The van der Waals surface area contributed by atoms with Gasteiger partial charge >= 0.3 is 0 Å². The van der Waals surface area contributed by atoms with E-state index in [0.717, 1.165) is 10.8 Å². The predicted molar refractivity (Wildman–Crippen MR) is 120 cm³/mol. The number of halogens is 1. The molecule has 0 atom stereocenters. The number of hydrogen-bond donors (Lipinski definition) is 1. The lowest BCUT2D eigenvalue weighted by Crippen LogP contribution is -2.03. The van der Waals surface area contributed by atoms with Crippen molar-refractivity contribution in [3.05, 3.63) is 89.7 Å². The van der Waals surface area contributed by atoms with Crippen molar-refractivity contribution in [3.63, 3.8) is 0 Å². The van der Waals surface area contributed by atoms with Gasteiger partial charge in [0.15, 0.2) is 11.6 Å². The van der Waals surface area contributed by atoms with Crippen molar-refractivity contribution in [1.82, 2.24) is 0 Å². The van der Waals surface area contributed by atoms with Gasteiger partial charge in [-0.1, -0.05) is 48.5 Å². The van der Waals surface area contributed by atoms with Gasteiger partial charge in [0.05, 0.1) is 6.61 Å². The molecule has 0 fully saturated rings. The number of carbonyl (C=O) groups excluding carboxylic acids is 2. The van der Waals surface area contributed by atoms with Crippen molar-refractivity contribution >= 4 is 33.1 Å². The van der Waals surface area contributed by atoms with Gasteiger partial charge in [0, 0.05) is 21.9 Å². The zero-order valence-corrected chi connectivity index (χ0v) is 17.4. The third-order valence-electron chi connectivity index (χ3n) is 4.86. The highest BCUT2D eigenvalue weighted by atomic mass is 19.1. The smallest absolute Gasteiger partial charge is 0.160 e. The Labute approximate surface area is 179 Å². The molecule has 0 aliphatic carbocycles. The summed E-state index contributed by atoms with van der Waals surface area (Å²) >= 11 is 0.